The summed E-state index contributed by atoms with van der Waals surface area (Å²) in [4.78, 5) is 10.5. The standard InChI is InChI=1S/C11H9NO2/c1-9(13)14-8-11(7-12)10-5-3-2-4-6-10/h2-6,8H,1H3/b11-8-. The molecule has 0 N–H and O–H groups in total. The van der Waals surface area contributed by atoms with Gasteiger partial charge in [0.25, 0.3) is 0 Å². The van der Waals surface area contributed by atoms with E-state index in [2.05, 4.69) is 4.74 Å². The van der Waals surface area contributed by atoms with Crippen molar-refractivity contribution < 1.29 is 9.53 Å². The third-order valence-corrected chi connectivity index (χ3v) is 1.55. The molecule has 0 spiro atoms. The van der Waals surface area contributed by atoms with E-state index in [0.717, 1.165) is 11.8 Å². The van der Waals surface area contributed by atoms with Gasteiger partial charge in [-0.2, -0.15) is 5.26 Å². The minimum Gasteiger partial charge on any atom is -0.433 e. The van der Waals surface area contributed by atoms with Gasteiger partial charge in [0, 0.05) is 6.92 Å². The van der Waals surface area contributed by atoms with Crippen molar-refractivity contribution in [2.24, 2.45) is 0 Å². The molecule has 3 heteroatoms. The highest BCUT2D eigenvalue weighted by Crippen LogP contribution is 2.12. The average Bonchev–Trinajstić information content (AvgIpc) is 2.20. The van der Waals surface area contributed by atoms with Crippen molar-refractivity contribution in [1.82, 2.24) is 0 Å². The zero-order chi connectivity index (χ0) is 10.4. The number of benzene rings is 1. The van der Waals surface area contributed by atoms with Crippen molar-refractivity contribution in [2.75, 3.05) is 0 Å². The molecule has 0 unspecified atom stereocenters. The molecule has 14 heavy (non-hydrogen) atoms. The molecular formula is C11H9NO2. The van der Waals surface area contributed by atoms with Gasteiger partial charge >= 0.3 is 5.97 Å². The van der Waals surface area contributed by atoms with Crippen LogP contribution in [0.25, 0.3) is 5.57 Å². The first-order valence-corrected chi connectivity index (χ1v) is 4.07. The number of hydrogen-bond acceptors (Lipinski definition) is 3. The Morgan fingerprint density at radius 3 is 2.57 bits per heavy atom. The number of nitrogens with zero attached hydrogens (tertiary/aromatic N) is 1. The van der Waals surface area contributed by atoms with E-state index in [1.807, 2.05) is 24.3 Å². The van der Waals surface area contributed by atoms with E-state index in [0.29, 0.717) is 5.57 Å². The fourth-order valence-corrected chi connectivity index (χ4v) is 0.919. The van der Waals surface area contributed by atoms with Crippen LogP contribution in [0.4, 0.5) is 0 Å². The molecule has 0 radical (unpaired) electrons. The quantitative estimate of drug-likeness (QED) is 0.404. The molecule has 0 atom stereocenters. The van der Waals surface area contributed by atoms with Crippen molar-refractivity contribution in [3.05, 3.63) is 42.2 Å². The largest absolute Gasteiger partial charge is 0.433 e. The van der Waals surface area contributed by atoms with Crippen molar-refractivity contribution in [2.45, 2.75) is 6.92 Å². The van der Waals surface area contributed by atoms with Crippen LogP contribution in [0.15, 0.2) is 36.6 Å². The van der Waals surface area contributed by atoms with Crippen molar-refractivity contribution >= 4 is 11.5 Å². The monoisotopic (exact) mass is 187 g/mol. The van der Waals surface area contributed by atoms with Crippen molar-refractivity contribution in [1.29, 1.82) is 5.26 Å². The third-order valence-electron chi connectivity index (χ3n) is 1.55. The molecule has 0 bridgehead atoms. The number of rotatable bonds is 2. The van der Waals surface area contributed by atoms with E-state index in [4.69, 9.17) is 5.26 Å². The topological polar surface area (TPSA) is 50.1 Å². The fraction of sp³-hybridized carbons (Fsp3) is 0.0909. The average molecular weight is 187 g/mol. The number of ether oxygens (including phenoxy) is 1. The molecule has 1 rings (SSSR count). The first-order chi connectivity index (χ1) is 6.74. The highest BCUT2D eigenvalue weighted by atomic mass is 16.5. The van der Waals surface area contributed by atoms with Crippen molar-refractivity contribution in [3.8, 4) is 6.07 Å². The minimum absolute atomic E-state index is 0.334. The van der Waals surface area contributed by atoms with Crippen LogP contribution in [0.2, 0.25) is 0 Å². The predicted octanol–water partition coefficient (Wildman–Crippen LogP) is 2.11. The van der Waals surface area contributed by atoms with Gasteiger partial charge in [-0.3, -0.25) is 4.79 Å². The Morgan fingerprint density at radius 1 is 1.43 bits per heavy atom. The SMILES string of the molecule is CC(=O)O/C=C(/C#N)c1ccccc1. The molecule has 3 nitrogen and oxygen atoms in total. The maximum atomic E-state index is 10.5. The highest BCUT2D eigenvalue weighted by Gasteiger charge is 1.99. The lowest BCUT2D eigenvalue weighted by atomic mass is 10.1. The first-order valence-electron chi connectivity index (χ1n) is 4.07. The lowest BCUT2D eigenvalue weighted by Gasteiger charge is -1.97. The summed E-state index contributed by atoms with van der Waals surface area (Å²) in [6, 6.07) is 11.0. The lowest BCUT2D eigenvalue weighted by molar-refractivity contribution is -0.135. The Labute approximate surface area is 82.2 Å². The van der Waals surface area contributed by atoms with Crippen LogP contribution in [0.5, 0.6) is 0 Å². The molecule has 0 saturated carbocycles. The van der Waals surface area contributed by atoms with Crippen LogP contribution < -0.4 is 0 Å². The van der Waals surface area contributed by atoms with Gasteiger partial charge in [0.1, 0.15) is 12.3 Å². The van der Waals surface area contributed by atoms with Crippen LogP contribution in [0.3, 0.4) is 0 Å². The predicted molar refractivity (Wildman–Crippen MR) is 51.8 cm³/mol. The smallest absolute Gasteiger partial charge is 0.307 e. The van der Waals surface area contributed by atoms with E-state index in [-0.39, 0.29) is 0 Å². The van der Waals surface area contributed by atoms with Gasteiger partial charge in [-0.1, -0.05) is 30.3 Å². The van der Waals surface area contributed by atoms with Crippen LogP contribution in [-0.4, -0.2) is 5.97 Å². The van der Waals surface area contributed by atoms with Gasteiger partial charge < -0.3 is 4.74 Å². The summed E-state index contributed by atoms with van der Waals surface area (Å²) < 4.78 is 4.63. The molecule has 70 valence electrons. The summed E-state index contributed by atoms with van der Waals surface area (Å²) >= 11 is 0. The Morgan fingerprint density at radius 2 is 2.07 bits per heavy atom. The number of hydrogen-bond donors (Lipinski definition) is 0. The lowest BCUT2D eigenvalue weighted by Crippen LogP contribution is -1.91. The summed E-state index contributed by atoms with van der Waals surface area (Å²) in [6.45, 7) is 1.29. The van der Waals surface area contributed by atoms with E-state index in [1.54, 1.807) is 12.1 Å². The van der Waals surface area contributed by atoms with E-state index in [9.17, 15) is 4.79 Å². The number of carbonyl (C=O) groups is 1. The fourth-order valence-electron chi connectivity index (χ4n) is 0.919. The molecule has 0 aliphatic heterocycles. The molecule has 1 aromatic rings. The molecule has 0 heterocycles. The summed E-state index contributed by atoms with van der Waals surface area (Å²) in [5.41, 5.74) is 1.07. The Bertz CT molecular complexity index is 387. The van der Waals surface area contributed by atoms with Gasteiger partial charge in [-0.25, -0.2) is 0 Å². The number of carbonyl (C=O) groups excluding carboxylic acids is 1. The molecule has 0 saturated heterocycles. The van der Waals surface area contributed by atoms with E-state index in [1.165, 1.54) is 6.92 Å². The molecular weight excluding hydrogens is 178 g/mol. The Kier molecular flexibility index (Phi) is 3.45. The molecule has 0 fully saturated rings. The zero-order valence-corrected chi connectivity index (χ0v) is 7.73. The van der Waals surface area contributed by atoms with E-state index >= 15 is 0 Å². The summed E-state index contributed by atoms with van der Waals surface area (Å²) in [5.74, 6) is -0.436. The van der Waals surface area contributed by atoms with Gasteiger partial charge in [-0.15, -0.1) is 0 Å². The number of esters is 1. The summed E-state index contributed by atoms with van der Waals surface area (Å²) in [5, 5.41) is 8.78. The molecule has 0 amide bonds. The van der Waals surface area contributed by atoms with Crippen LogP contribution >= 0.6 is 0 Å². The van der Waals surface area contributed by atoms with Crippen LogP contribution in [0, 0.1) is 11.3 Å². The van der Waals surface area contributed by atoms with Gasteiger partial charge in [0.05, 0.1) is 5.57 Å². The second kappa shape index (κ2) is 4.83. The number of allylic oxidation sites excluding steroid dienone is 1. The van der Waals surface area contributed by atoms with Crippen LogP contribution in [0.1, 0.15) is 12.5 Å². The van der Waals surface area contributed by atoms with Crippen molar-refractivity contribution in [3.63, 3.8) is 0 Å². The minimum atomic E-state index is -0.436. The maximum Gasteiger partial charge on any atom is 0.307 e. The van der Waals surface area contributed by atoms with Gasteiger partial charge in [-0.05, 0) is 5.56 Å². The second-order valence-corrected chi connectivity index (χ2v) is 2.62. The Hall–Kier alpha value is -2.08. The maximum absolute atomic E-state index is 10.5. The third kappa shape index (κ3) is 2.76. The molecule has 0 aliphatic rings. The highest BCUT2D eigenvalue weighted by molar-refractivity contribution is 5.77. The normalized spacial score (nSPS) is 10.4. The van der Waals surface area contributed by atoms with E-state index < -0.39 is 5.97 Å². The molecule has 0 aliphatic carbocycles. The Balaban J connectivity index is 2.89. The summed E-state index contributed by atoms with van der Waals surface area (Å²) in [7, 11) is 0. The molecule has 0 aromatic heterocycles. The zero-order valence-electron chi connectivity index (χ0n) is 7.73. The molecule has 1 aromatic carbocycles. The van der Waals surface area contributed by atoms with Gasteiger partial charge in [0.2, 0.25) is 0 Å². The second-order valence-electron chi connectivity index (χ2n) is 2.62. The van der Waals surface area contributed by atoms with Crippen LogP contribution in [-0.2, 0) is 9.53 Å². The van der Waals surface area contributed by atoms with Gasteiger partial charge in [0.15, 0.2) is 0 Å². The first kappa shape index (κ1) is 10.0. The summed E-state index contributed by atoms with van der Waals surface area (Å²) in [6.07, 6.45) is 1.16. The number of nitriles is 1.